The van der Waals surface area contributed by atoms with Crippen LogP contribution in [0.15, 0.2) is 23.1 Å². The molecule has 1 aliphatic heterocycles. The van der Waals surface area contributed by atoms with E-state index in [-0.39, 0.29) is 17.4 Å². The van der Waals surface area contributed by atoms with Gasteiger partial charge in [0.2, 0.25) is 0 Å². The molecule has 0 aliphatic carbocycles. The average molecular weight is 353 g/mol. The van der Waals surface area contributed by atoms with E-state index in [4.69, 9.17) is 0 Å². The fourth-order valence-corrected chi connectivity index (χ4v) is 3.65. The van der Waals surface area contributed by atoms with Crippen LogP contribution < -0.4 is 0 Å². The molecule has 0 spiro atoms. The van der Waals surface area contributed by atoms with E-state index in [0.29, 0.717) is 31.5 Å². The second-order valence-corrected chi connectivity index (χ2v) is 7.90. The number of alkyl halides is 3. The molecule has 0 amide bonds. The Hall–Kier alpha value is -1.15. The van der Waals surface area contributed by atoms with Gasteiger partial charge >= 0.3 is 6.18 Å². The van der Waals surface area contributed by atoms with Crippen molar-refractivity contribution in [2.75, 3.05) is 25.9 Å². The van der Waals surface area contributed by atoms with Gasteiger partial charge < -0.3 is 4.90 Å². The van der Waals surface area contributed by atoms with E-state index in [1.807, 2.05) is 0 Å². The molecule has 0 bridgehead atoms. The molecule has 1 saturated heterocycles. The highest BCUT2D eigenvalue weighted by atomic mass is 32.2. The summed E-state index contributed by atoms with van der Waals surface area (Å²) in [6.07, 6.45) is -3.04. The van der Waals surface area contributed by atoms with Crippen LogP contribution in [0.1, 0.15) is 30.7 Å². The lowest BCUT2D eigenvalue weighted by molar-refractivity contribution is -0.138. The van der Waals surface area contributed by atoms with Crippen molar-refractivity contribution in [2.24, 2.45) is 0 Å². The number of nitrogens with zero attached hydrogens (tertiary/aromatic N) is 1. The van der Waals surface area contributed by atoms with Crippen LogP contribution in [0, 0.1) is 5.82 Å². The lowest BCUT2D eigenvalue weighted by atomic mass is 9.89. The first-order valence-electron chi connectivity index (χ1n) is 7.35. The Bertz CT molecular complexity index is 650. The minimum atomic E-state index is -4.17. The van der Waals surface area contributed by atoms with Gasteiger partial charge in [0.15, 0.2) is 9.84 Å². The maximum absolute atomic E-state index is 14.4. The zero-order chi connectivity index (χ0) is 17.3. The van der Waals surface area contributed by atoms with Crippen molar-refractivity contribution < 1.29 is 26.0 Å². The third-order valence-electron chi connectivity index (χ3n) is 4.13. The van der Waals surface area contributed by atoms with Crippen LogP contribution in [0.25, 0.3) is 0 Å². The Morgan fingerprint density at radius 3 is 2.35 bits per heavy atom. The SMILES string of the molecule is CS(=O)(=O)c1cccc(C2CCN(CCC(F)(F)F)CC2)c1F. The molecule has 0 aromatic heterocycles. The normalized spacial score (nSPS) is 18.3. The predicted molar refractivity (Wildman–Crippen MR) is 78.6 cm³/mol. The second-order valence-electron chi connectivity index (χ2n) is 5.91. The largest absolute Gasteiger partial charge is 0.390 e. The molecule has 23 heavy (non-hydrogen) atoms. The molecule has 0 saturated carbocycles. The van der Waals surface area contributed by atoms with E-state index in [1.54, 1.807) is 11.0 Å². The standard InChI is InChI=1S/C15H19F4NO2S/c1-23(21,22)13-4-2-3-12(14(13)16)11-5-8-20(9-6-11)10-7-15(17,18)19/h2-4,11H,5-10H2,1H3. The van der Waals surface area contributed by atoms with Gasteiger partial charge in [-0.25, -0.2) is 12.8 Å². The minimum absolute atomic E-state index is 0.0535. The summed E-state index contributed by atoms with van der Waals surface area (Å²) in [6.45, 7) is 0.842. The highest BCUT2D eigenvalue weighted by Gasteiger charge is 2.30. The Morgan fingerprint density at radius 1 is 1.22 bits per heavy atom. The molecule has 0 unspecified atom stereocenters. The minimum Gasteiger partial charge on any atom is -0.303 e. The molecule has 1 heterocycles. The van der Waals surface area contributed by atoms with Crippen molar-refractivity contribution in [1.29, 1.82) is 0 Å². The monoisotopic (exact) mass is 353 g/mol. The summed E-state index contributed by atoms with van der Waals surface area (Å²) in [7, 11) is -3.64. The smallest absolute Gasteiger partial charge is 0.303 e. The molecule has 0 radical (unpaired) electrons. The van der Waals surface area contributed by atoms with Crippen molar-refractivity contribution in [3.05, 3.63) is 29.6 Å². The Balaban J connectivity index is 2.04. The van der Waals surface area contributed by atoms with Crippen LogP contribution in [-0.2, 0) is 9.84 Å². The molecule has 2 rings (SSSR count). The number of benzene rings is 1. The van der Waals surface area contributed by atoms with Gasteiger partial charge in [0.25, 0.3) is 0 Å². The Morgan fingerprint density at radius 2 is 1.83 bits per heavy atom. The van der Waals surface area contributed by atoms with Gasteiger partial charge in [0.05, 0.1) is 6.42 Å². The number of rotatable bonds is 4. The van der Waals surface area contributed by atoms with E-state index in [1.165, 1.54) is 12.1 Å². The van der Waals surface area contributed by atoms with E-state index in [9.17, 15) is 26.0 Å². The van der Waals surface area contributed by atoms with Crippen molar-refractivity contribution in [1.82, 2.24) is 4.90 Å². The van der Waals surface area contributed by atoms with Crippen LogP contribution in [0.5, 0.6) is 0 Å². The quantitative estimate of drug-likeness (QED) is 0.779. The number of hydrogen-bond acceptors (Lipinski definition) is 3. The maximum atomic E-state index is 14.4. The lowest BCUT2D eigenvalue weighted by Crippen LogP contribution is -2.35. The molecule has 1 aromatic carbocycles. The number of hydrogen-bond donors (Lipinski definition) is 0. The van der Waals surface area contributed by atoms with Crippen molar-refractivity contribution >= 4 is 9.84 Å². The predicted octanol–water partition coefficient (Wildman–Crippen LogP) is 3.36. The van der Waals surface area contributed by atoms with Gasteiger partial charge in [0, 0.05) is 12.8 Å². The topological polar surface area (TPSA) is 37.4 Å². The third-order valence-corrected chi connectivity index (χ3v) is 5.25. The van der Waals surface area contributed by atoms with Gasteiger partial charge in [-0.15, -0.1) is 0 Å². The molecule has 1 aromatic rings. The van der Waals surface area contributed by atoms with Crippen LogP contribution in [-0.4, -0.2) is 45.4 Å². The zero-order valence-electron chi connectivity index (χ0n) is 12.7. The summed E-state index contributed by atoms with van der Waals surface area (Å²) in [5.74, 6) is -0.900. The fraction of sp³-hybridized carbons (Fsp3) is 0.600. The summed E-state index contributed by atoms with van der Waals surface area (Å²) < 4.78 is 74.2. The van der Waals surface area contributed by atoms with E-state index in [2.05, 4.69) is 0 Å². The van der Waals surface area contributed by atoms with Crippen molar-refractivity contribution in [2.45, 2.75) is 36.3 Å². The third kappa shape index (κ3) is 4.91. The Labute approximate surface area is 133 Å². The Kier molecular flexibility index (Phi) is 5.35. The van der Waals surface area contributed by atoms with Gasteiger partial charge in [-0.2, -0.15) is 13.2 Å². The van der Waals surface area contributed by atoms with Gasteiger partial charge in [-0.1, -0.05) is 12.1 Å². The van der Waals surface area contributed by atoms with Gasteiger partial charge in [-0.05, 0) is 43.5 Å². The maximum Gasteiger partial charge on any atom is 0.390 e. The number of sulfone groups is 1. The molecule has 3 nitrogen and oxygen atoms in total. The molecule has 8 heteroatoms. The highest BCUT2D eigenvalue weighted by Crippen LogP contribution is 2.32. The molecule has 0 N–H and O–H groups in total. The highest BCUT2D eigenvalue weighted by molar-refractivity contribution is 7.90. The summed E-state index contributed by atoms with van der Waals surface area (Å²) in [4.78, 5) is 1.39. The summed E-state index contributed by atoms with van der Waals surface area (Å²) in [5.41, 5.74) is 0.336. The summed E-state index contributed by atoms with van der Waals surface area (Å²) in [5, 5.41) is 0. The molecule has 1 aliphatic rings. The molecule has 0 atom stereocenters. The summed E-state index contributed by atoms with van der Waals surface area (Å²) in [6, 6.07) is 4.29. The van der Waals surface area contributed by atoms with Crippen molar-refractivity contribution in [3.63, 3.8) is 0 Å². The van der Waals surface area contributed by atoms with Gasteiger partial charge in [0.1, 0.15) is 10.7 Å². The first-order chi connectivity index (χ1) is 10.6. The van der Waals surface area contributed by atoms with Crippen LogP contribution in [0.2, 0.25) is 0 Å². The molecular weight excluding hydrogens is 334 g/mol. The summed E-state index contributed by atoms with van der Waals surface area (Å²) >= 11 is 0. The number of piperidine rings is 1. The fourth-order valence-electron chi connectivity index (χ4n) is 2.88. The van der Waals surface area contributed by atoms with Crippen LogP contribution in [0.4, 0.5) is 17.6 Å². The van der Waals surface area contributed by atoms with Crippen LogP contribution >= 0.6 is 0 Å². The van der Waals surface area contributed by atoms with Crippen LogP contribution in [0.3, 0.4) is 0 Å². The zero-order valence-corrected chi connectivity index (χ0v) is 13.6. The second kappa shape index (κ2) is 6.76. The first-order valence-corrected chi connectivity index (χ1v) is 9.24. The van der Waals surface area contributed by atoms with Gasteiger partial charge in [-0.3, -0.25) is 0 Å². The molecular formula is C15H19F4NO2S. The number of likely N-dealkylation sites (tertiary alicyclic amines) is 1. The molecule has 1 fully saturated rings. The first kappa shape index (κ1) is 18.2. The van der Waals surface area contributed by atoms with Crippen molar-refractivity contribution in [3.8, 4) is 0 Å². The average Bonchev–Trinajstić information content (AvgIpc) is 2.44. The lowest BCUT2D eigenvalue weighted by Gasteiger charge is -2.32. The van der Waals surface area contributed by atoms with E-state index < -0.39 is 28.3 Å². The van der Waals surface area contributed by atoms with E-state index in [0.717, 1.165) is 6.26 Å². The van der Waals surface area contributed by atoms with E-state index >= 15 is 0 Å². The number of halogens is 4. The molecule has 130 valence electrons.